The Hall–Kier alpha value is -1.39. The van der Waals surface area contributed by atoms with E-state index in [-0.39, 0.29) is 17.0 Å². The smallest absolute Gasteiger partial charge is 0.393 e. The summed E-state index contributed by atoms with van der Waals surface area (Å²) in [6.07, 6.45) is -5.34. The summed E-state index contributed by atoms with van der Waals surface area (Å²) in [5, 5.41) is 8.87. The van der Waals surface area contributed by atoms with Crippen molar-refractivity contribution < 1.29 is 18.3 Å². The molecular formula is C8H8F3NO. The molecule has 0 unspecified atom stereocenters. The van der Waals surface area contributed by atoms with Gasteiger partial charge in [0.15, 0.2) is 0 Å². The van der Waals surface area contributed by atoms with E-state index in [1.165, 1.54) is 6.07 Å². The number of aromatic hydroxyl groups is 1. The highest BCUT2D eigenvalue weighted by molar-refractivity contribution is 5.51. The van der Waals surface area contributed by atoms with Gasteiger partial charge in [0.25, 0.3) is 0 Å². The number of hydrogen-bond acceptors (Lipinski definition) is 2. The predicted octanol–water partition coefficient (Wildman–Crippen LogP) is 2.08. The van der Waals surface area contributed by atoms with Gasteiger partial charge in [0, 0.05) is 11.8 Å². The second kappa shape index (κ2) is 3.16. The molecule has 3 N–H and O–H groups in total. The van der Waals surface area contributed by atoms with Gasteiger partial charge in [-0.15, -0.1) is 0 Å². The molecule has 0 heterocycles. The molecule has 0 saturated heterocycles. The lowest BCUT2D eigenvalue weighted by molar-refractivity contribution is -0.127. The highest BCUT2D eigenvalue weighted by Crippen LogP contribution is 2.26. The van der Waals surface area contributed by atoms with E-state index < -0.39 is 12.6 Å². The number of benzene rings is 1. The summed E-state index contributed by atoms with van der Waals surface area (Å²) in [4.78, 5) is 0. The molecule has 0 aliphatic heterocycles. The topological polar surface area (TPSA) is 46.2 Å². The third kappa shape index (κ3) is 2.85. The molecular weight excluding hydrogens is 183 g/mol. The Morgan fingerprint density at radius 3 is 2.38 bits per heavy atom. The van der Waals surface area contributed by atoms with E-state index in [4.69, 9.17) is 10.8 Å². The van der Waals surface area contributed by atoms with Crippen LogP contribution in [-0.2, 0) is 6.42 Å². The Balaban J connectivity index is 2.90. The third-order valence-corrected chi connectivity index (χ3v) is 1.52. The van der Waals surface area contributed by atoms with Crippen LogP contribution in [0.25, 0.3) is 0 Å². The molecule has 5 heteroatoms. The first-order valence-electron chi connectivity index (χ1n) is 3.52. The minimum atomic E-state index is -4.27. The normalized spacial score (nSPS) is 11.6. The first-order valence-corrected chi connectivity index (χ1v) is 3.52. The summed E-state index contributed by atoms with van der Waals surface area (Å²) >= 11 is 0. The molecule has 0 aromatic heterocycles. The molecule has 0 bridgehead atoms. The number of nitrogen functional groups attached to an aromatic ring is 1. The van der Waals surface area contributed by atoms with E-state index in [0.717, 1.165) is 12.1 Å². The van der Waals surface area contributed by atoms with Gasteiger partial charge in [-0.3, -0.25) is 0 Å². The lowest BCUT2D eigenvalue weighted by Crippen LogP contribution is -2.12. The van der Waals surface area contributed by atoms with Crippen LogP contribution < -0.4 is 5.73 Å². The lowest BCUT2D eigenvalue weighted by Gasteiger charge is -2.08. The molecule has 0 aliphatic carbocycles. The van der Waals surface area contributed by atoms with E-state index in [0.29, 0.717) is 0 Å². The minimum Gasteiger partial charge on any atom is -0.508 e. The molecule has 0 atom stereocenters. The van der Waals surface area contributed by atoms with Crippen molar-refractivity contribution in [2.45, 2.75) is 12.6 Å². The maximum atomic E-state index is 11.9. The Kier molecular flexibility index (Phi) is 2.36. The Morgan fingerprint density at radius 2 is 1.92 bits per heavy atom. The van der Waals surface area contributed by atoms with Crippen LogP contribution in [-0.4, -0.2) is 11.3 Å². The van der Waals surface area contributed by atoms with Gasteiger partial charge in [0.2, 0.25) is 0 Å². The van der Waals surface area contributed by atoms with Gasteiger partial charge in [0.1, 0.15) is 5.75 Å². The van der Waals surface area contributed by atoms with Crippen LogP contribution in [0.3, 0.4) is 0 Å². The largest absolute Gasteiger partial charge is 0.508 e. The number of phenols is 1. The molecule has 0 radical (unpaired) electrons. The Bertz CT molecular complexity index is 309. The molecule has 1 aromatic carbocycles. The van der Waals surface area contributed by atoms with E-state index in [2.05, 4.69) is 0 Å². The molecule has 2 nitrogen and oxygen atoms in total. The van der Waals surface area contributed by atoms with E-state index >= 15 is 0 Å². The molecule has 0 saturated carbocycles. The summed E-state index contributed by atoms with van der Waals surface area (Å²) in [6, 6.07) is 3.44. The molecule has 72 valence electrons. The monoisotopic (exact) mass is 191 g/mol. The van der Waals surface area contributed by atoms with E-state index in [1.807, 2.05) is 0 Å². The zero-order valence-electron chi connectivity index (χ0n) is 6.60. The van der Waals surface area contributed by atoms with Crippen molar-refractivity contribution in [1.82, 2.24) is 0 Å². The fraction of sp³-hybridized carbons (Fsp3) is 0.250. The van der Waals surface area contributed by atoms with Crippen molar-refractivity contribution in [3.63, 3.8) is 0 Å². The first kappa shape index (κ1) is 9.70. The van der Waals surface area contributed by atoms with Gasteiger partial charge in [-0.1, -0.05) is 6.07 Å². The van der Waals surface area contributed by atoms with Crippen LogP contribution in [0.5, 0.6) is 5.75 Å². The van der Waals surface area contributed by atoms with Crippen molar-refractivity contribution >= 4 is 5.69 Å². The van der Waals surface area contributed by atoms with Crippen LogP contribution in [0.4, 0.5) is 18.9 Å². The van der Waals surface area contributed by atoms with Gasteiger partial charge in [-0.25, -0.2) is 0 Å². The van der Waals surface area contributed by atoms with Crippen molar-refractivity contribution in [3.05, 3.63) is 23.8 Å². The maximum absolute atomic E-state index is 11.9. The predicted molar refractivity (Wildman–Crippen MR) is 42.3 cm³/mol. The first-order chi connectivity index (χ1) is 5.88. The van der Waals surface area contributed by atoms with Crippen molar-refractivity contribution in [3.8, 4) is 5.75 Å². The number of hydrogen-bond donors (Lipinski definition) is 2. The molecule has 1 rings (SSSR count). The quantitative estimate of drug-likeness (QED) is 0.667. The summed E-state index contributed by atoms with van der Waals surface area (Å²) in [5.41, 5.74) is 5.20. The second-order valence-corrected chi connectivity index (χ2v) is 2.68. The summed E-state index contributed by atoms with van der Waals surface area (Å²) in [5.74, 6) is -0.136. The third-order valence-electron chi connectivity index (χ3n) is 1.52. The lowest BCUT2D eigenvalue weighted by atomic mass is 10.1. The SMILES string of the molecule is Nc1cc(O)ccc1CC(F)(F)F. The number of anilines is 1. The van der Waals surface area contributed by atoms with Crippen molar-refractivity contribution in [2.75, 3.05) is 5.73 Å². The van der Waals surface area contributed by atoms with Crippen LogP contribution in [0.15, 0.2) is 18.2 Å². The van der Waals surface area contributed by atoms with Crippen LogP contribution >= 0.6 is 0 Å². The second-order valence-electron chi connectivity index (χ2n) is 2.68. The zero-order valence-corrected chi connectivity index (χ0v) is 6.60. The van der Waals surface area contributed by atoms with E-state index in [1.54, 1.807) is 0 Å². The molecule has 13 heavy (non-hydrogen) atoms. The number of halogens is 3. The van der Waals surface area contributed by atoms with Crippen LogP contribution in [0.2, 0.25) is 0 Å². The van der Waals surface area contributed by atoms with Crippen LogP contribution in [0, 0.1) is 0 Å². The minimum absolute atomic E-state index is 0.0229. The van der Waals surface area contributed by atoms with Gasteiger partial charge >= 0.3 is 6.18 Å². The van der Waals surface area contributed by atoms with Crippen LogP contribution in [0.1, 0.15) is 5.56 Å². The number of alkyl halides is 3. The van der Waals surface area contributed by atoms with Gasteiger partial charge in [0.05, 0.1) is 6.42 Å². The fourth-order valence-electron chi connectivity index (χ4n) is 0.959. The molecule has 0 fully saturated rings. The van der Waals surface area contributed by atoms with Gasteiger partial charge < -0.3 is 10.8 Å². The number of nitrogens with two attached hydrogens (primary N) is 1. The summed E-state index contributed by atoms with van der Waals surface area (Å²) < 4.78 is 35.7. The highest BCUT2D eigenvalue weighted by Gasteiger charge is 2.28. The highest BCUT2D eigenvalue weighted by atomic mass is 19.4. The van der Waals surface area contributed by atoms with Gasteiger partial charge in [-0.2, -0.15) is 13.2 Å². The Morgan fingerprint density at radius 1 is 1.31 bits per heavy atom. The average Bonchev–Trinajstić information content (AvgIpc) is 1.93. The number of phenolic OH excluding ortho intramolecular Hbond substituents is 1. The standard InChI is InChI=1S/C8H8F3NO/c9-8(10,11)4-5-1-2-6(13)3-7(5)12/h1-3,13H,4,12H2. The zero-order chi connectivity index (χ0) is 10.1. The molecule has 0 aliphatic rings. The van der Waals surface area contributed by atoms with Crippen molar-refractivity contribution in [1.29, 1.82) is 0 Å². The fourth-order valence-corrected chi connectivity index (χ4v) is 0.959. The number of rotatable bonds is 1. The molecule has 1 aromatic rings. The summed E-state index contributed by atoms with van der Waals surface area (Å²) in [6.45, 7) is 0. The molecule has 0 spiro atoms. The van der Waals surface area contributed by atoms with E-state index in [9.17, 15) is 13.2 Å². The molecule has 0 amide bonds. The Labute approximate surface area is 72.8 Å². The average molecular weight is 191 g/mol. The van der Waals surface area contributed by atoms with Crippen molar-refractivity contribution in [2.24, 2.45) is 0 Å². The summed E-state index contributed by atoms with van der Waals surface area (Å²) in [7, 11) is 0. The van der Waals surface area contributed by atoms with Gasteiger partial charge in [-0.05, 0) is 11.6 Å². The maximum Gasteiger partial charge on any atom is 0.393 e.